The van der Waals surface area contributed by atoms with Crippen molar-refractivity contribution in [3.63, 3.8) is 0 Å². The highest BCUT2D eigenvalue weighted by Gasteiger charge is 2.15. The molecule has 2 aromatic carbocycles. The van der Waals surface area contributed by atoms with E-state index in [0.717, 1.165) is 0 Å². The molecular weight excluding hydrogens is 430 g/mol. The summed E-state index contributed by atoms with van der Waals surface area (Å²) in [6.45, 7) is 2.39. The zero-order valence-electron chi connectivity index (χ0n) is 17.9. The van der Waals surface area contributed by atoms with Crippen LogP contribution < -0.4 is 25.0 Å². The van der Waals surface area contributed by atoms with E-state index in [2.05, 4.69) is 15.8 Å². The summed E-state index contributed by atoms with van der Waals surface area (Å²) in [7, 11) is 1.41. The van der Waals surface area contributed by atoms with E-state index in [0.29, 0.717) is 23.6 Å². The van der Waals surface area contributed by atoms with E-state index in [1.54, 1.807) is 42.5 Å². The first kappa shape index (κ1) is 23.1. The molecule has 0 aliphatic rings. The van der Waals surface area contributed by atoms with Gasteiger partial charge in [-0.1, -0.05) is 0 Å². The zero-order chi connectivity index (χ0) is 23.6. The van der Waals surface area contributed by atoms with Crippen molar-refractivity contribution < 1.29 is 33.0 Å². The van der Waals surface area contributed by atoms with Gasteiger partial charge in [0.1, 0.15) is 5.75 Å². The van der Waals surface area contributed by atoms with E-state index >= 15 is 0 Å². The monoisotopic (exact) mass is 451 g/mol. The number of carbonyl (C=O) groups is 3. The lowest BCUT2D eigenvalue weighted by molar-refractivity contribution is -0.136. The molecule has 0 saturated carbocycles. The molecule has 0 fully saturated rings. The Morgan fingerprint density at radius 2 is 1.82 bits per heavy atom. The topological polar surface area (TPSA) is 128 Å². The number of carbonyl (C=O) groups excluding carboxylic acids is 3. The summed E-state index contributed by atoms with van der Waals surface area (Å²) < 4.78 is 20.8. The molecule has 0 atom stereocenters. The minimum Gasteiger partial charge on any atom is -0.494 e. The van der Waals surface area contributed by atoms with Crippen molar-refractivity contribution in [3.8, 4) is 17.2 Å². The van der Waals surface area contributed by atoms with Gasteiger partial charge in [-0.25, -0.2) is 10.2 Å². The lowest BCUT2D eigenvalue weighted by Gasteiger charge is -2.09. The van der Waals surface area contributed by atoms with E-state index in [9.17, 15) is 14.4 Å². The number of hydrogen-bond donors (Lipinski definition) is 2. The third-order valence-corrected chi connectivity index (χ3v) is 4.12. The van der Waals surface area contributed by atoms with Gasteiger partial charge in [0, 0.05) is 5.69 Å². The molecule has 10 nitrogen and oxygen atoms in total. The Balaban J connectivity index is 1.55. The molecule has 0 saturated heterocycles. The third kappa shape index (κ3) is 6.44. The Labute approximate surface area is 189 Å². The Kier molecular flexibility index (Phi) is 7.79. The second-order valence-electron chi connectivity index (χ2n) is 6.39. The number of esters is 1. The molecule has 10 heteroatoms. The van der Waals surface area contributed by atoms with E-state index in [-0.39, 0.29) is 17.3 Å². The Morgan fingerprint density at radius 1 is 1.03 bits per heavy atom. The van der Waals surface area contributed by atoms with Gasteiger partial charge in [0.05, 0.1) is 26.2 Å². The normalized spacial score (nSPS) is 10.5. The van der Waals surface area contributed by atoms with Gasteiger partial charge >= 0.3 is 17.8 Å². The van der Waals surface area contributed by atoms with Crippen LogP contribution in [0.5, 0.6) is 17.2 Å². The summed E-state index contributed by atoms with van der Waals surface area (Å²) in [6, 6.07) is 14.3. The molecule has 0 aliphatic heterocycles. The van der Waals surface area contributed by atoms with Crippen LogP contribution in [-0.4, -0.2) is 37.7 Å². The molecule has 0 spiro atoms. The standard InChI is InChI=1S/C23H21N3O7/c1-3-31-17-9-7-16(8-10-17)25-21(27)22(28)26-24-14-15-6-11-18(20(13-15)30-2)33-23(29)19-5-4-12-32-19/h4-14H,3H2,1-2H3,(H,25,27)(H,26,28)/b24-14+. The van der Waals surface area contributed by atoms with E-state index < -0.39 is 17.8 Å². The largest absolute Gasteiger partial charge is 0.494 e. The van der Waals surface area contributed by atoms with Crippen LogP contribution in [0.1, 0.15) is 23.0 Å². The molecule has 0 radical (unpaired) electrons. The van der Waals surface area contributed by atoms with Gasteiger partial charge in [-0.2, -0.15) is 5.10 Å². The highest BCUT2D eigenvalue weighted by atomic mass is 16.6. The van der Waals surface area contributed by atoms with Crippen LogP contribution in [0.25, 0.3) is 0 Å². The number of benzene rings is 2. The van der Waals surface area contributed by atoms with E-state index in [4.69, 9.17) is 18.6 Å². The van der Waals surface area contributed by atoms with Crippen LogP contribution in [0, 0.1) is 0 Å². The number of amides is 2. The molecule has 0 unspecified atom stereocenters. The predicted molar refractivity (Wildman–Crippen MR) is 119 cm³/mol. The number of rotatable bonds is 8. The SMILES string of the molecule is CCOc1ccc(NC(=O)C(=O)N/N=C/c2ccc(OC(=O)c3ccco3)c(OC)c2)cc1. The average Bonchev–Trinajstić information content (AvgIpc) is 3.36. The Morgan fingerprint density at radius 3 is 2.48 bits per heavy atom. The van der Waals surface area contributed by atoms with Crippen molar-refractivity contribution in [2.24, 2.45) is 5.10 Å². The van der Waals surface area contributed by atoms with Crippen molar-refractivity contribution in [1.82, 2.24) is 5.43 Å². The van der Waals surface area contributed by atoms with Crippen LogP contribution in [0.15, 0.2) is 70.4 Å². The Bertz CT molecular complexity index is 1140. The summed E-state index contributed by atoms with van der Waals surface area (Å²) in [5, 5.41) is 6.22. The van der Waals surface area contributed by atoms with Crippen molar-refractivity contribution in [3.05, 3.63) is 72.2 Å². The number of furan rings is 1. The van der Waals surface area contributed by atoms with Crippen molar-refractivity contribution in [2.75, 3.05) is 19.0 Å². The lowest BCUT2D eigenvalue weighted by atomic mass is 10.2. The fourth-order valence-corrected chi connectivity index (χ4v) is 2.60. The smallest absolute Gasteiger partial charge is 0.379 e. The van der Waals surface area contributed by atoms with Gasteiger partial charge < -0.3 is 23.9 Å². The number of methoxy groups -OCH3 is 1. The first-order valence-corrected chi connectivity index (χ1v) is 9.81. The maximum absolute atomic E-state index is 12.0. The molecule has 0 bridgehead atoms. The molecular formula is C23H21N3O7. The third-order valence-electron chi connectivity index (χ3n) is 4.12. The number of nitrogens with zero attached hydrogens (tertiary/aromatic N) is 1. The van der Waals surface area contributed by atoms with Gasteiger partial charge in [-0.15, -0.1) is 0 Å². The second kappa shape index (κ2) is 11.1. The molecule has 3 rings (SSSR count). The summed E-state index contributed by atoms with van der Waals surface area (Å²) in [5.41, 5.74) is 3.10. The van der Waals surface area contributed by atoms with Gasteiger partial charge in [-0.05, 0) is 67.1 Å². The average molecular weight is 451 g/mol. The van der Waals surface area contributed by atoms with Crippen LogP contribution in [0.2, 0.25) is 0 Å². The summed E-state index contributed by atoms with van der Waals surface area (Å²) in [4.78, 5) is 36.0. The van der Waals surface area contributed by atoms with Gasteiger partial charge in [0.15, 0.2) is 11.5 Å². The molecule has 0 aliphatic carbocycles. The predicted octanol–water partition coefficient (Wildman–Crippen LogP) is 2.99. The van der Waals surface area contributed by atoms with Crippen LogP contribution in [-0.2, 0) is 9.59 Å². The molecule has 3 aromatic rings. The fourth-order valence-electron chi connectivity index (χ4n) is 2.60. The minimum atomic E-state index is -0.948. The molecule has 33 heavy (non-hydrogen) atoms. The molecule has 2 N–H and O–H groups in total. The highest BCUT2D eigenvalue weighted by molar-refractivity contribution is 6.39. The second-order valence-corrected chi connectivity index (χ2v) is 6.39. The van der Waals surface area contributed by atoms with Gasteiger partial charge in [0.25, 0.3) is 0 Å². The van der Waals surface area contributed by atoms with Crippen LogP contribution >= 0.6 is 0 Å². The quantitative estimate of drug-likeness (QED) is 0.177. The molecule has 1 aromatic heterocycles. The maximum atomic E-state index is 12.0. The fraction of sp³-hybridized carbons (Fsp3) is 0.130. The number of ether oxygens (including phenoxy) is 3. The first-order valence-electron chi connectivity index (χ1n) is 9.81. The van der Waals surface area contributed by atoms with E-state index in [1.807, 2.05) is 6.92 Å². The minimum absolute atomic E-state index is 0.0499. The lowest BCUT2D eigenvalue weighted by Crippen LogP contribution is -2.32. The molecule has 2 amide bonds. The maximum Gasteiger partial charge on any atom is 0.379 e. The summed E-state index contributed by atoms with van der Waals surface area (Å²) in [6.07, 6.45) is 2.67. The van der Waals surface area contributed by atoms with Crippen molar-refractivity contribution in [2.45, 2.75) is 6.92 Å². The highest BCUT2D eigenvalue weighted by Crippen LogP contribution is 2.28. The number of hydrogen-bond acceptors (Lipinski definition) is 8. The van der Waals surface area contributed by atoms with Gasteiger partial charge in [0.2, 0.25) is 5.76 Å². The molecule has 170 valence electrons. The van der Waals surface area contributed by atoms with Crippen molar-refractivity contribution in [1.29, 1.82) is 0 Å². The zero-order valence-corrected chi connectivity index (χ0v) is 17.9. The molecule has 1 heterocycles. The first-order chi connectivity index (χ1) is 16.0. The van der Waals surface area contributed by atoms with E-state index in [1.165, 1.54) is 31.7 Å². The number of anilines is 1. The number of hydrazone groups is 1. The number of nitrogens with one attached hydrogen (secondary N) is 2. The van der Waals surface area contributed by atoms with Crippen LogP contribution in [0.3, 0.4) is 0 Å². The summed E-state index contributed by atoms with van der Waals surface area (Å²) >= 11 is 0. The summed E-state index contributed by atoms with van der Waals surface area (Å²) in [5.74, 6) is -1.36. The Hall–Kier alpha value is -4.60. The van der Waals surface area contributed by atoms with Crippen molar-refractivity contribution >= 4 is 29.7 Å². The van der Waals surface area contributed by atoms with Crippen LogP contribution in [0.4, 0.5) is 5.69 Å². The van der Waals surface area contributed by atoms with Gasteiger partial charge in [-0.3, -0.25) is 9.59 Å².